The van der Waals surface area contributed by atoms with E-state index in [4.69, 9.17) is 40.6 Å². The molecule has 8 rings (SSSR count). The van der Waals surface area contributed by atoms with Gasteiger partial charge in [0.1, 0.15) is 39.9 Å². The number of ether oxygens (including phenoxy) is 3. The number of nitrogens with two attached hydrogens (primary N) is 2. The van der Waals surface area contributed by atoms with E-state index in [-0.39, 0.29) is 37.5 Å². The number of ketones is 1. The van der Waals surface area contributed by atoms with Gasteiger partial charge in [0.15, 0.2) is 11.6 Å². The Labute approximate surface area is 380 Å². The summed E-state index contributed by atoms with van der Waals surface area (Å²) >= 11 is 0. The molecule has 0 atom stereocenters. The maximum atomic E-state index is 14.0. The molecule has 19 nitrogen and oxygen atoms in total. The third-order valence-electron chi connectivity index (χ3n) is 11.6. The Bertz CT molecular complexity index is 2950. The van der Waals surface area contributed by atoms with Crippen molar-refractivity contribution in [1.29, 1.82) is 0 Å². The summed E-state index contributed by atoms with van der Waals surface area (Å²) in [7, 11) is 0. The smallest absolute Gasteiger partial charge is 0.248 e. The number of aliphatic hydroxyl groups excluding tert-OH is 1. The van der Waals surface area contributed by atoms with Crippen molar-refractivity contribution in [3.05, 3.63) is 88.8 Å². The molecule has 0 spiro atoms. The number of aryl methyl sites for hydroxylation is 4. The lowest BCUT2D eigenvalue weighted by atomic mass is 10.1. The SMILES string of the molecule is CCn1nc(C)cc1C(=O)Cc1nc2cc(C(N)=O)cc(OCCCO)c2n1C/C=C/Cn1c2nc(-c3cc(C)nn3CC)ncc2c2cc(C(N)=O)cc(OCCCN3CCOCC3)c21. The van der Waals surface area contributed by atoms with Gasteiger partial charge in [-0.25, -0.2) is 15.0 Å². The maximum Gasteiger partial charge on any atom is 0.248 e. The normalized spacial score (nSPS) is 13.5. The van der Waals surface area contributed by atoms with Crippen molar-refractivity contribution in [2.24, 2.45) is 11.5 Å². The van der Waals surface area contributed by atoms with Gasteiger partial charge in [-0.2, -0.15) is 10.2 Å². The number of nitrogens with zero attached hydrogens (tertiary/aromatic N) is 10. The molecule has 0 aliphatic carbocycles. The van der Waals surface area contributed by atoms with Crippen LogP contribution >= 0.6 is 0 Å². The Morgan fingerprint density at radius 2 is 1.44 bits per heavy atom. The molecule has 1 aliphatic heterocycles. The quantitative estimate of drug-likeness (QED) is 0.0516. The molecule has 5 aromatic heterocycles. The first kappa shape index (κ1) is 45.6. The van der Waals surface area contributed by atoms with Crippen molar-refractivity contribution in [1.82, 2.24) is 48.5 Å². The van der Waals surface area contributed by atoms with Crippen molar-refractivity contribution >= 4 is 50.6 Å². The number of benzene rings is 2. The number of allylic oxidation sites excluding steroid dienone is 2. The molecule has 2 aromatic carbocycles. The van der Waals surface area contributed by atoms with Crippen LogP contribution in [0.5, 0.6) is 11.5 Å². The lowest BCUT2D eigenvalue weighted by Gasteiger charge is -2.26. The van der Waals surface area contributed by atoms with E-state index in [0.717, 1.165) is 48.7 Å². The first-order valence-corrected chi connectivity index (χ1v) is 22.4. The molecule has 1 saturated heterocycles. The number of hydrogen-bond donors (Lipinski definition) is 3. The first-order valence-electron chi connectivity index (χ1n) is 22.4. The van der Waals surface area contributed by atoms with Crippen LogP contribution in [-0.4, -0.2) is 124 Å². The van der Waals surface area contributed by atoms with Gasteiger partial charge in [-0.15, -0.1) is 0 Å². The number of aromatic nitrogens is 9. The van der Waals surface area contributed by atoms with Gasteiger partial charge in [0.25, 0.3) is 0 Å². The van der Waals surface area contributed by atoms with Crippen LogP contribution in [-0.2, 0) is 37.3 Å². The van der Waals surface area contributed by atoms with E-state index in [9.17, 15) is 19.5 Å². The lowest BCUT2D eigenvalue weighted by Crippen LogP contribution is -2.37. The van der Waals surface area contributed by atoms with Crippen LogP contribution in [0.15, 0.2) is 54.7 Å². The summed E-state index contributed by atoms with van der Waals surface area (Å²) < 4.78 is 25.7. The summed E-state index contributed by atoms with van der Waals surface area (Å²) in [6.07, 6.45) is 6.76. The summed E-state index contributed by atoms with van der Waals surface area (Å²) in [5.41, 5.74) is 17.3. The maximum absolute atomic E-state index is 14.0. The fourth-order valence-electron chi connectivity index (χ4n) is 8.49. The first-order chi connectivity index (χ1) is 32.0. The second kappa shape index (κ2) is 20.1. The second-order valence-corrected chi connectivity index (χ2v) is 16.2. The van der Waals surface area contributed by atoms with Gasteiger partial charge >= 0.3 is 0 Å². The van der Waals surface area contributed by atoms with Crippen molar-refractivity contribution in [3.8, 4) is 23.0 Å². The van der Waals surface area contributed by atoms with E-state index in [1.807, 2.05) is 59.7 Å². The molecule has 6 heterocycles. The molecule has 346 valence electrons. The van der Waals surface area contributed by atoms with Gasteiger partial charge in [0.2, 0.25) is 11.8 Å². The van der Waals surface area contributed by atoms with E-state index in [1.165, 1.54) is 0 Å². The monoisotopic (exact) mass is 900 g/mol. The van der Waals surface area contributed by atoms with Gasteiger partial charge in [-0.3, -0.25) is 28.6 Å². The second-order valence-electron chi connectivity index (χ2n) is 16.2. The Morgan fingerprint density at radius 1 is 0.788 bits per heavy atom. The summed E-state index contributed by atoms with van der Waals surface area (Å²) in [6.45, 7) is 13.8. The van der Waals surface area contributed by atoms with Crippen molar-refractivity contribution in [2.75, 3.05) is 52.7 Å². The summed E-state index contributed by atoms with van der Waals surface area (Å²) in [5, 5.41) is 20.1. The standard InChI is InChI=1S/C47H56N12O7/c1-5-58-36(21-29(3)53-58)38(61)27-41-51-35-24-32(45(49)63)26-40(66-18-10-16-60)43(35)56(41)12-7-8-13-57-42-33(34-28-50-46(52-47(34)57)37-22-30(4)54-59(37)6-2)23-31(44(48)62)25-39(42)65-17-9-11-55-14-19-64-20-15-55/h7-8,21-26,28,60H,5-6,9-20,27H2,1-4H3,(H2,48,62)(H2,49,63)/b8-7+. The zero-order valence-electron chi connectivity index (χ0n) is 37.8. The van der Waals surface area contributed by atoms with Gasteiger partial charge in [0.05, 0.1) is 55.3 Å². The van der Waals surface area contributed by atoms with Gasteiger partial charge in [0, 0.05) is 86.9 Å². The number of morpholine rings is 1. The third kappa shape index (κ3) is 9.54. The zero-order chi connectivity index (χ0) is 46.5. The van der Waals surface area contributed by atoms with Crippen LogP contribution in [0.1, 0.15) is 75.1 Å². The summed E-state index contributed by atoms with van der Waals surface area (Å²) in [5.74, 6) is 0.344. The average Bonchev–Trinajstić information content (AvgIpc) is 4.07. The number of hydrogen-bond acceptors (Lipinski definition) is 13. The van der Waals surface area contributed by atoms with Crippen molar-refractivity contribution in [3.63, 3.8) is 0 Å². The number of fused-ring (bicyclic) bond motifs is 4. The minimum atomic E-state index is -0.658. The number of amides is 2. The Morgan fingerprint density at radius 3 is 2.14 bits per heavy atom. The molecule has 7 aromatic rings. The van der Waals surface area contributed by atoms with Crippen molar-refractivity contribution < 1.29 is 33.7 Å². The largest absolute Gasteiger partial charge is 0.491 e. The molecule has 0 radical (unpaired) electrons. The molecule has 0 bridgehead atoms. The van der Waals surface area contributed by atoms with Crippen LogP contribution in [0.3, 0.4) is 0 Å². The Hall–Kier alpha value is -6.96. The highest BCUT2D eigenvalue weighted by atomic mass is 16.5. The predicted molar refractivity (Wildman–Crippen MR) is 248 cm³/mol. The highest BCUT2D eigenvalue weighted by Gasteiger charge is 2.24. The molecule has 0 saturated carbocycles. The molecular weight excluding hydrogens is 845 g/mol. The molecule has 5 N–H and O–H groups in total. The fourth-order valence-corrected chi connectivity index (χ4v) is 8.49. The number of aliphatic hydroxyl groups is 1. The Balaban J connectivity index is 1.21. The third-order valence-corrected chi connectivity index (χ3v) is 11.6. The topological polar surface area (TPSA) is 239 Å². The average molecular weight is 901 g/mol. The highest BCUT2D eigenvalue weighted by Crippen LogP contribution is 2.37. The molecule has 0 unspecified atom stereocenters. The number of primary amides is 2. The van der Waals surface area contributed by atoms with Crippen LogP contribution in [0.4, 0.5) is 0 Å². The van der Waals surface area contributed by atoms with Crippen LogP contribution in [0.2, 0.25) is 0 Å². The van der Waals surface area contributed by atoms with E-state index in [2.05, 4.69) is 15.1 Å². The molecule has 66 heavy (non-hydrogen) atoms. The fraction of sp³-hybridized carbons (Fsp3) is 0.404. The summed E-state index contributed by atoms with van der Waals surface area (Å²) in [6, 6.07) is 10.3. The number of carbonyl (C=O) groups is 3. The van der Waals surface area contributed by atoms with Crippen LogP contribution < -0.4 is 20.9 Å². The van der Waals surface area contributed by atoms with Gasteiger partial charge in [-0.05, 0) is 70.5 Å². The van der Waals surface area contributed by atoms with Gasteiger partial charge < -0.3 is 39.9 Å². The molecule has 1 fully saturated rings. The van der Waals surface area contributed by atoms with E-state index in [1.54, 1.807) is 41.2 Å². The van der Waals surface area contributed by atoms with Crippen LogP contribution in [0, 0.1) is 13.8 Å². The Kier molecular flexibility index (Phi) is 13.9. The zero-order valence-corrected chi connectivity index (χ0v) is 37.8. The number of carbonyl (C=O) groups excluding carboxylic acids is 3. The number of imidazole rings is 1. The van der Waals surface area contributed by atoms with Gasteiger partial charge in [-0.1, -0.05) is 12.2 Å². The van der Waals surface area contributed by atoms with Crippen molar-refractivity contribution in [2.45, 2.75) is 73.1 Å². The number of rotatable bonds is 21. The molecule has 19 heteroatoms. The molecular formula is C47H56N12O7. The minimum absolute atomic E-state index is 0.0650. The van der Waals surface area contributed by atoms with Crippen LogP contribution in [0.25, 0.3) is 44.5 Å². The summed E-state index contributed by atoms with van der Waals surface area (Å²) in [4.78, 5) is 56.4. The molecule has 2 amide bonds. The molecule has 1 aliphatic rings. The number of Topliss-reactive ketones (excluding diaryl/α,β-unsaturated/α-hetero) is 1. The lowest BCUT2D eigenvalue weighted by molar-refractivity contribution is 0.0358. The minimum Gasteiger partial charge on any atom is -0.491 e. The highest BCUT2D eigenvalue weighted by molar-refractivity contribution is 6.11. The van der Waals surface area contributed by atoms with E-state index in [0.29, 0.717) is 108 Å². The van der Waals surface area contributed by atoms with E-state index >= 15 is 0 Å². The van der Waals surface area contributed by atoms with E-state index < -0.39 is 11.8 Å². The predicted octanol–water partition coefficient (Wildman–Crippen LogP) is 4.39.